The van der Waals surface area contributed by atoms with Gasteiger partial charge in [-0.15, -0.1) is 0 Å². The van der Waals surface area contributed by atoms with Crippen molar-refractivity contribution in [2.24, 2.45) is 5.73 Å². The third-order valence-corrected chi connectivity index (χ3v) is 3.51. The van der Waals surface area contributed by atoms with Crippen LogP contribution in [0.25, 0.3) is 0 Å². The Labute approximate surface area is 109 Å². The van der Waals surface area contributed by atoms with Crippen LogP contribution in [-0.4, -0.2) is 12.1 Å². The van der Waals surface area contributed by atoms with E-state index in [1.165, 1.54) is 17.5 Å². The second kappa shape index (κ2) is 5.51. The van der Waals surface area contributed by atoms with E-state index in [2.05, 4.69) is 30.3 Å². The number of nitriles is 1. The fraction of sp³-hybridized carbons (Fsp3) is 0.533. The third-order valence-electron chi connectivity index (χ3n) is 3.51. The Kier molecular flexibility index (Phi) is 4.00. The van der Waals surface area contributed by atoms with Crippen LogP contribution in [0.4, 0.5) is 0 Å². The molecule has 0 spiro atoms. The van der Waals surface area contributed by atoms with Gasteiger partial charge < -0.3 is 10.5 Å². The van der Waals surface area contributed by atoms with Gasteiger partial charge in [-0.05, 0) is 37.3 Å². The van der Waals surface area contributed by atoms with E-state index >= 15 is 0 Å². The van der Waals surface area contributed by atoms with E-state index in [1.807, 2.05) is 0 Å². The number of nitrogens with zero attached hydrogens (tertiary/aromatic N) is 1. The molecule has 0 radical (unpaired) electrons. The summed E-state index contributed by atoms with van der Waals surface area (Å²) in [4.78, 5) is 0. The van der Waals surface area contributed by atoms with E-state index < -0.39 is 5.54 Å². The molecule has 18 heavy (non-hydrogen) atoms. The number of aryl methyl sites for hydroxylation is 1. The molecule has 3 heteroatoms. The van der Waals surface area contributed by atoms with Crippen molar-refractivity contribution in [2.75, 3.05) is 6.61 Å². The standard InChI is InChI=1S/C15H20N2O/c1-15(17,11-16)9-10-18-14-8-4-6-12-5-2-3-7-13(12)14/h2-3,5,7,14H,4,6,8-10,17H2,1H3. The van der Waals surface area contributed by atoms with Gasteiger partial charge in [0.05, 0.1) is 18.8 Å². The molecule has 0 saturated carbocycles. The Hall–Kier alpha value is -1.37. The molecule has 96 valence electrons. The van der Waals surface area contributed by atoms with Crippen LogP contribution in [0.3, 0.4) is 0 Å². The summed E-state index contributed by atoms with van der Waals surface area (Å²) in [5.74, 6) is 0. The molecular formula is C15H20N2O. The zero-order valence-electron chi connectivity index (χ0n) is 10.9. The molecule has 0 bridgehead atoms. The predicted molar refractivity (Wildman–Crippen MR) is 70.9 cm³/mol. The van der Waals surface area contributed by atoms with Crippen LogP contribution in [0.5, 0.6) is 0 Å². The summed E-state index contributed by atoms with van der Waals surface area (Å²) in [5.41, 5.74) is 7.70. The fourth-order valence-electron chi connectivity index (χ4n) is 2.35. The van der Waals surface area contributed by atoms with Crippen molar-refractivity contribution in [3.05, 3.63) is 35.4 Å². The van der Waals surface area contributed by atoms with Gasteiger partial charge in [-0.25, -0.2) is 0 Å². The molecule has 2 atom stereocenters. The van der Waals surface area contributed by atoms with E-state index in [0.717, 1.165) is 12.8 Å². The lowest BCUT2D eigenvalue weighted by molar-refractivity contribution is 0.0342. The maximum absolute atomic E-state index is 8.86. The number of ether oxygens (including phenoxy) is 1. The van der Waals surface area contributed by atoms with E-state index in [-0.39, 0.29) is 6.10 Å². The van der Waals surface area contributed by atoms with Crippen LogP contribution in [0.2, 0.25) is 0 Å². The Morgan fingerprint density at radius 2 is 2.28 bits per heavy atom. The van der Waals surface area contributed by atoms with Gasteiger partial charge in [-0.2, -0.15) is 5.26 Å². The van der Waals surface area contributed by atoms with Crippen LogP contribution in [0, 0.1) is 11.3 Å². The third kappa shape index (κ3) is 3.10. The first kappa shape index (κ1) is 13.1. The lowest BCUT2D eigenvalue weighted by atomic mass is 9.89. The number of nitrogens with two attached hydrogens (primary N) is 1. The maximum atomic E-state index is 8.86. The molecule has 1 aromatic rings. The monoisotopic (exact) mass is 244 g/mol. The molecule has 0 saturated heterocycles. The Bertz CT molecular complexity index is 448. The van der Waals surface area contributed by atoms with E-state index in [0.29, 0.717) is 13.0 Å². The molecule has 2 unspecified atom stereocenters. The molecule has 2 rings (SSSR count). The fourth-order valence-corrected chi connectivity index (χ4v) is 2.35. The highest BCUT2D eigenvalue weighted by molar-refractivity contribution is 5.31. The first-order chi connectivity index (χ1) is 8.62. The number of hydrogen-bond acceptors (Lipinski definition) is 3. The van der Waals surface area contributed by atoms with Crippen LogP contribution < -0.4 is 5.73 Å². The van der Waals surface area contributed by atoms with Gasteiger partial charge in [-0.1, -0.05) is 24.3 Å². The van der Waals surface area contributed by atoms with Crippen molar-refractivity contribution in [3.8, 4) is 6.07 Å². The van der Waals surface area contributed by atoms with Gasteiger partial charge in [0, 0.05) is 6.42 Å². The van der Waals surface area contributed by atoms with E-state index in [9.17, 15) is 0 Å². The van der Waals surface area contributed by atoms with E-state index in [4.69, 9.17) is 15.7 Å². The summed E-state index contributed by atoms with van der Waals surface area (Å²) in [6.45, 7) is 2.28. The quantitative estimate of drug-likeness (QED) is 0.886. The summed E-state index contributed by atoms with van der Waals surface area (Å²) in [6, 6.07) is 10.5. The van der Waals surface area contributed by atoms with Crippen LogP contribution in [-0.2, 0) is 11.2 Å². The van der Waals surface area contributed by atoms with Crippen LogP contribution >= 0.6 is 0 Å². The Morgan fingerprint density at radius 3 is 3.06 bits per heavy atom. The topological polar surface area (TPSA) is 59.0 Å². The average Bonchev–Trinajstić information content (AvgIpc) is 2.39. The second-order valence-electron chi connectivity index (χ2n) is 5.23. The predicted octanol–water partition coefficient (Wildman–Crippen LogP) is 2.71. The minimum atomic E-state index is -0.784. The smallest absolute Gasteiger partial charge is 0.103 e. The van der Waals surface area contributed by atoms with E-state index in [1.54, 1.807) is 6.92 Å². The second-order valence-corrected chi connectivity index (χ2v) is 5.23. The zero-order valence-corrected chi connectivity index (χ0v) is 10.9. The molecule has 2 N–H and O–H groups in total. The number of fused-ring (bicyclic) bond motifs is 1. The molecule has 3 nitrogen and oxygen atoms in total. The molecule has 0 fully saturated rings. The van der Waals surface area contributed by atoms with Gasteiger partial charge in [0.1, 0.15) is 5.54 Å². The lowest BCUT2D eigenvalue weighted by Crippen LogP contribution is -2.35. The summed E-state index contributed by atoms with van der Waals surface area (Å²) >= 11 is 0. The molecule has 1 aliphatic carbocycles. The highest BCUT2D eigenvalue weighted by Crippen LogP contribution is 2.32. The summed E-state index contributed by atoms with van der Waals surface area (Å²) in [5, 5.41) is 8.86. The van der Waals surface area contributed by atoms with Gasteiger partial charge in [0.25, 0.3) is 0 Å². The van der Waals surface area contributed by atoms with Gasteiger partial charge in [-0.3, -0.25) is 0 Å². The summed E-state index contributed by atoms with van der Waals surface area (Å²) in [7, 11) is 0. The van der Waals surface area contributed by atoms with Crippen LogP contribution in [0.15, 0.2) is 24.3 Å². The van der Waals surface area contributed by atoms with Crippen molar-refractivity contribution >= 4 is 0 Å². The highest BCUT2D eigenvalue weighted by Gasteiger charge is 2.22. The molecular weight excluding hydrogens is 224 g/mol. The van der Waals surface area contributed by atoms with Crippen molar-refractivity contribution in [1.82, 2.24) is 0 Å². The molecule has 1 aliphatic rings. The van der Waals surface area contributed by atoms with Gasteiger partial charge in [0.15, 0.2) is 0 Å². The average molecular weight is 244 g/mol. The minimum absolute atomic E-state index is 0.171. The highest BCUT2D eigenvalue weighted by atomic mass is 16.5. The number of benzene rings is 1. The van der Waals surface area contributed by atoms with Gasteiger partial charge in [0.2, 0.25) is 0 Å². The van der Waals surface area contributed by atoms with Crippen LogP contribution in [0.1, 0.15) is 43.4 Å². The summed E-state index contributed by atoms with van der Waals surface area (Å²) in [6.07, 6.45) is 4.11. The molecule has 0 aromatic heterocycles. The first-order valence-electron chi connectivity index (χ1n) is 6.52. The SMILES string of the molecule is CC(N)(C#N)CCOC1CCCc2ccccc21. The zero-order chi connectivity index (χ0) is 13.0. The maximum Gasteiger partial charge on any atom is 0.103 e. The lowest BCUT2D eigenvalue weighted by Gasteiger charge is -2.26. The van der Waals surface area contributed by atoms with Crippen molar-refractivity contribution in [2.45, 2.75) is 44.2 Å². The van der Waals surface area contributed by atoms with Gasteiger partial charge >= 0.3 is 0 Å². The van der Waals surface area contributed by atoms with Crippen molar-refractivity contribution in [1.29, 1.82) is 5.26 Å². The largest absolute Gasteiger partial charge is 0.373 e. The Morgan fingerprint density at radius 1 is 1.50 bits per heavy atom. The molecule has 0 amide bonds. The molecule has 0 aliphatic heterocycles. The minimum Gasteiger partial charge on any atom is -0.373 e. The molecule has 1 aromatic carbocycles. The molecule has 0 heterocycles. The number of rotatable bonds is 4. The number of hydrogen-bond donors (Lipinski definition) is 1. The Balaban J connectivity index is 1.94. The normalized spacial score (nSPS) is 21.7. The van der Waals surface area contributed by atoms with Crippen molar-refractivity contribution < 1.29 is 4.74 Å². The first-order valence-corrected chi connectivity index (χ1v) is 6.52. The summed E-state index contributed by atoms with van der Waals surface area (Å²) < 4.78 is 5.92. The van der Waals surface area contributed by atoms with Crippen molar-refractivity contribution in [3.63, 3.8) is 0 Å².